The van der Waals surface area contributed by atoms with Gasteiger partial charge >= 0.3 is 0 Å². The first-order valence-electron chi connectivity index (χ1n) is 8.30. The van der Waals surface area contributed by atoms with Crippen LogP contribution >= 0.6 is 35.0 Å². The Hall–Kier alpha value is -1.95. The lowest BCUT2D eigenvalue weighted by Crippen LogP contribution is -2.27. The molecule has 2 aromatic carbocycles. The Labute approximate surface area is 172 Å². The van der Waals surface area contributed by atoms with Gasteiger partial charge in [0.1, 0.15) is 5.75 Å². The smallest absolute Gasteiger partial charge is 0.293 e. The number of imide groups is 1. The minimum absolute atomic E-state index is 0.0433. The maximum atomic E-state index is 12.7. The number of rotatable bonds is 5. The lowest BCUT2D eigenvalue weighted by Gasteiger charge is -2.14. The van der Waals surface area contributed by atoms with E-state index in [1.807, 2.05) is 38.1 Å². The molecular weight excluding hydrogens is 405 g/mol. The predicted octanol–water partition coefficient (Wildman–Crippen LogP) is 6.02. The van der Waals surface area contributed by atoms with Crippen molar-refractivity contribution in [2.24, 2.45) is 0 Å². The third kappa shape index (κ3) is 4.67. The van der Waals surface area contributed by atoms with Crippen LogP contribution in [0.1, 0.15) is 25.0 Å². The van der Waals surface area contributed by atoms with Crippen molar-refractivity contribution < 1.29 is 14.3 Å². The second-order valence-electron chi connectivity index (χ2n) is 6.20. The molecule has 0 unspecified atom stereocenters. The van der Waals surface area contributed by atoms with Gasteiger partial charge in [-0.15, -0.1) is 0 Å². The van der Waals surface area contributed by atoms with Crippen molar-refractivity contribution in [3.8, 4) is 5.75 Å². The number of carbonyl (C=O) groups excluding carboxylic acids is 2. The minimum Gasteiger partial charge on any atom is -0.491 e. The molecule has 3 rings (SSSR count). The van der Waals surface area contributed by atoms with Gasteiger partial charge in [-0.25, -0.2) is 0 Å². The fraction of sp³-hybridized carbons (Fsp3) is 0.200. The summed E-state index contributed by atoms with van der Waals surface area (Å²) in [6.07, 6.45) is 1.78. The molecule has 0 N–H and O–H groups in total. The van der Waals surface area contributed by atoms with Crippen LogP contribution in [-0.2, 0) is 11.3 Å². The van der Waals surface area contributed by atoms with E-state index in [0.717, 1.165) is 28.0 Å². The Morgan fingerprint density at radius 1 is 1.07 bits per heavy atom. The highest BCUT2D eigenvalue weighted by Crippen LogP contribution is 2.35. The van der Waals surface area contributed by atoms with Crippen molar-refractivity contribution in [2.75, 3.05) is 0 Å². The Kier molecular flexibility index (Phi) is 6.15. The number of hydrogen-bond donors (Lipinski definition) is 0. The molecular formula is C20H17Cl2NO3S. The molecule has 27 heavy (non-hydrogen) atoms. The standard InChI is InChI=1S/C20H17Cl2NO3S/c1-12(2)26-14-8-6-13(7-9-14)10-18-19(24)23(20(25)27-18)11-15-16(21)4-3-5-17(15)22/h3-10,12H,11H2,1-2H3/b18-10-. The summed E-state index contributed by atoms with van der Waals surface area (Å²) in [6, 6.07) is 12.4. The minimum atomic E-state index is -0.358. The lowest BCUT2D eigenvalue weighted by atomic mass is 10.2. The summed E-state index contributed by atoms with van der Waals surface area (Å²) >= 11 is 13.2. The first-order chi connectivity index (χ1) is 12.8. The summed E-state index contributed by atoms with van der Waals surface area (Å²) in [6.45, 7) is 3.95. The van der Waals surface area contributed by atoms with E-state index in [0.29, 0.717) is 20.5 Å². The van der Waals surface area contributed by atoms with E-state index in [1.165, 1.54) is 0 Å². The van der Waals surface area contributed by atoms with E-state index in [9.17, 15) is 9.59 Å². The van der Waals surface area contributed by atoms with Crippen LogP contribution in [0.15, 0.2) is 47.4 Å². The highest BCUT2D eigenvalue weighted by Gasteiger charge is 2.35. The summed E-state index contributed by atoms with van der Waals surface area (Å²) < 4.78 is 5.60. The normalized spacial score (nSPS) is 15.9. The molecule has 0 aromatic heterocycles. The maximum Gasteiger partial charge on any atom is 0.293 e. The summed E-state index contributed by atoms with van der Waals surface area (Å²) in [5, 5.41) is 0.500. The van der Waals surface area contributed by atoms with E-state index in [4.69, 9.17) is 27.9 Å². The highest BCUT2D eigenvalue weighted by atomic mass is 35.5. The number of carbonyl (C=O) groups is 2. The fourth-order valence-electron chi connectivity index (χ4n) is 2.54. The Morgan fingerprint density at radius 3 is 2.30 bits per heavy atom. The van der Waals surface area contributed by atoms with Gasteiger partial charge in [0.15, 0.2) is 0 Å². The lowest BCUT2D eigenvalue weighted by molar-refractivity contribution is -0.123. The molecule has 0 aliphatic carbocycles. The van der Waals surface area contributed by atoms with Crippen molar-refractivity contribution in [2.45, 2.75) is 26.5 Å². The van der Waals surface area contributed by atoms with E-state index < -0.39 is 0 Å². The van der Waals surface area contributed by atoms with Crippen molar-refractivity contribution >= 4 is 52.2 Å². The number of thioether (sulfide) groups is 1. The summed E-state index contributed by atoms with van der Waals surface area (Å²) in [7, 11) is 0. The van der Waals surface area contributed by atoms with Gasteiger partial charge in [0, 0.05) is 15.6 Å². The molecule has 0 atom stereocenters. The molecule has 1 aliphatic rings. The molecule has 0 saturated carbocycles. The second-order valence-corrected chi connectivity index (χ2v) is 8.01. The van der Waals surface area contributed by atoms with Crippen LogP contribution < -0.4 is 4.74 Å². The molecule has 1 fully saturated rings. The fourth-order valence-corrected chi connectivity index (χ4v) is 3.90. The molecule has 0 bridgehead atoms. The Morgan fingerprint density at radius 2 is 1.70 bits per heavy atom. The first-order valence-corrected chi connectivity index (χ1v) is 9.87. The number of benzene rings is 2. The largest absolute Gasteiger partial charge is 0.491 e. The molecule has 2 aromatic rings. The zero-order valence-electron chi connectivity index (χ0n) is 14.7. The molecule has 0 radical (unpaired) electrons. The van der Waals surface area contributed by atoms with Crippen LogP contribution in [0, 0.1) is 0 Å². The highest BCUT2D eigenvalue weighted by molar-refractivity contribution is 8.18. The SMILES string of the molecule is CC(C)Oc1ccc(/C=C2\SC(=O)N(Cc3c(Cl)cccc3Cl)C2=O)cc1. The number of nitrogens with zero attached hydrogens (tertiary/aromatic N) is 1. The number of halogens is 2. The number of hydrogen-bond acceptors (Lipinski definition) is 4. The van der Waals surface area contributed by atoms with Gasteiger partial charge in [0.2, 0.25) is 0 Å². The molecule has 0 spiro atoms. The number of amides is 2. The van der Waals surface area contributed by atoms with Crippen LogP contribution in [0.4, 0.5) is 4.79 Å². The van der Waals surface area contributed by atoms with E-state index >= 15 is 0 Å². The Bertz CT molecular complexity index is 890. The van der Waals surface area contributed by atoms with Gasteiger partial charge in [-0.3, -0.25) is 14.5 Å². The van der Waals surface area contributed by atoms with Crippen LogP contribution in [0.2, 0.25) is 10.0 Å². The average molecular weight is 422 g/mol. The molecule has 1 aliphatic heterocycles. The van der Waals surface area contributed by atoms with Crippen LogP contribution in [0.5, 0.6) is 5.75 Å². The zero-order chi connectivity index (χ0) is 19.6. The molecule has 1 saturated heterocycles. The van der Waals surface area contributed by atoms with Gasteiger partial charge in [-0.05, 0) is 61.5 Å². The molecule has 4 nitrogen and oxygen atoms in total. The topological polar surface area (TPSA) is 46.6 Å². The molecule has 140 valence electrons. The van der Waals surface area contributed by atoms with E-state index in [-0.39, 0.29) is 23.8 Å². The van der Waals surface area contributed by atoms with Gasteiger partial charge in [0.05, 0.1) is 17.6 Å². The van der Waals surface area contributed by atoms with Crippen molar-refractivity contribution in [3.05, 3.63) is 68.5 Å². The third-order valence-electron chi connectivity index (χ3n) is 3.80. The van der Waals surface area contributed by atoms with E-state index in [1.54, 1.807) is 24.3 Å². The summed E-state index contributed by atoms with van der Waals surface area (Å²) in [5.41, 5.74) is 1.37. The van der Waals surface area contributed by atoms with Crippen LogP contribution in [0.3, 0.4) is 0 Å². The molecule has 2 amide bonds. The maximum absolute atomic E-state index is 12.7. The van der Waals surface area contributed by atoms with Gasteiger partial charge < -0.3 is 4.74 Å². The summed E-state index contributed by atoms with van der Waals surface area (Å²) in [4.78, 5) is 26.5. The van der Waals surface area contributed by atoms with Crippen LogP contribution in [-0.4, -0.2) is 22.2 Å². The van der Waals surface area contributed by atoms with Gasteiger partial charge in [-0.2, -0.15) is 0 Å². The van der Waals surface area contributed by atoms with Gasteiger partial charge in [0.25, 0.3) is 11.1 Å². The molecule has 1 heterocycles. The number of ether oxygens (including phenoxy) is 1. The Balaban J connectivity index is 1.78. The van der Waals surface area contributed by atoms with Gasteiger partial charge in [-0.1, -0.05) is 41.4 Å². The van der Waals surface area contributed by atoms with Crippen molar-refractivity contribution in [3.63, 3.8) is 0 Å². The average Bonchev–Trinajstić information content (AvgIpc) is 2.86. The first kappa shape index (κ1) is 19.8. The zero-order valence-corrected chi connectivity index (χ0v) is 17.1. The third-order valence-corrected chi connectivity index (χ3v) is 5.42. The van der Waals surface area contributed by atoms with Crippen LogP contribution in [0.25, 0.3) is 6.08 Å². The monoisotopic (exact) mass is 421 g/mol. The van der Waals surface area contributed by atoms with Crippen molar-refractivity contribution in [1.29, 1.82) is 0 Å². The quantitative estimate of drug-likeness (QED) is 0.553. The second kappa shape index (κ2) is 8.38. The summed E-state index contributed by atoms with van der Waals surface area (Å²) in [5.74, 6) is 0.395. The van der Waals surface area contributed by atoms with Crippen molar-refractivity contribution in [1.82, 2.24) is 4.90 Å². The predicted molar refractivity (Wildman–Crippen MR) is 110 cm³/mol. The van der Waals surface area contributed by atoms with E-state index in [2.05, 4.69) is 0 Å². The molecule has 7 heteroatoms.